The lowest BCUT2D eigenvalue weighted by Gasteiger charge is -2.20. The lowest BCUT2D eigenvalue weighted by Crippen LogP contribution is -2.33. The van der Waals surface area contributed by atoms with E-state index in [-0.39, 0.29) is 0 Å². The molecule has 1 saturated heterocycles. The Balaban J connectivity index is 1.90. The molecule has 108 valence electrons. The molecule has 5 heteroatoms. The minimum Gasteiger partial charge on any atom is -0.314 e. The lowest BCUT2D eigenvalue weighted by molar-refractivity contribution is 0.404. The summed E-state index contributed by atoms with van der Waals surface area (Å²) in [6.07, 6.45) is 3.96. The van der Waals surface area contributed by atoms with E-state index < -0.39 is 9.84 Å². The van der Waals surface area contributed by atoms with Crippen molar-refractivity contribution in [3.05, 3.63) is 22.4 Å². The Morgan fingerprint density at radius 1 is 1.53 bits per heavy atom. The van der Waals surface area contributed by atoms with Crippen LogP contribution >= 0.6 is 11.3 Å². The van der Waals surface area contributed by atoms with Gasteiger partial charge >= 0.3 is 0 Å². The highest BCUT2D eigenvalue weighted by Crippen LogP contribution is 2.24. The molecule has 2 atom stereocenters. The van der Waals surface area contributed by atoms with Crippen LogP contribution in [0.25, 0.3) is 0 Å². The molecule has 2 unspecified atom stereocenters. The van der Waals surface area contributed by atoms with Crippen LogP contribution in [0.1, 0.15) is 31.1 Å². The fraction of sp³-hybridized carbons (Fsp3) is 0.714. The van der Waals surface area contributed by atoms with Gasteiger partial charge in [-0.05, 0) is 49.6 Å². The van der Waals surface area contributed by atoms with E-state index >= 15 is 0 Å². The number of hydrogen-bond donors (Lipinski definition) is 1. The van der Waals surface area contributed by atoms with Crippen molar-refractivity contribution in [1.29, 1.82) is 0 Å². The van der Waals surface area contributed by atoms with E-state index in [1.807, 2.05) is 0 Å². The van der Waals surface area contributed by atoms with Crippen molar-refractivity contribution in [2.45, 2.75) is 38.6 Å². The molecule has 0 radical (unpaired) electrons. The average molecular weight is 301 g/mol. The third kappa shape index (κ3) is 4.89. The van der Waals surface area contributed by atoms with Crippen LogP contribution in [0.4, 0.5) is 0 Å². The predicted molar refractivity (Wildman–Crippen MR) is 81.5 cm³/mol. The Bertz CT molecular complexity index is 468. The van der Waals surface area contributed by atoms with Gasteiger partial charge in [0.15, 0.2) is 9.84 Å². The van der Waals surface area contributed by atoms with E-state index in [9.17, 15) is 8.42 Å². The second-order valence-corrected chi connectivity index (χ2v) is 8.70. The Kier molecular flexibility index (Phi) is 5.42. The Hall–Kier alpha value is -0.390. The van der Waals surface area contributed by atoms with Crippen molar-refractivity contribution >= 4 is 21.2 Å². The maximum Gasteiger partial charge on any atom is 0.150 e. The van der Waals surface area contributed by atoms with E-state index in [0.717, 1.165) is 32.2 Å². The van der Waals surface area contributed by atoms with Crippen molar-refractivity contribution < 1.29 is 8.42 Å². The van der Waals surface area contributed by atoms with Crippen LogP contribution in [-0.2, 0) is 16.3 Å². The van der Waals surface area contributed by atoms with Crippen LogP contribution in [0, 0.1) is 5.92 Å². The van der Waals surface area contributed by atoms with E-state index in [4.69, 9.17) is 0 Å². The first-order valence-electron chi connectivity index (χ1n) is 7.05. The largest absolute Gasteiger partial charge is 0.314 e. The molecular formula is C14H23NO2S2. The molecule has 2 rings (SSSR count). The molecule has 2 heterocycles. The average Bonchev–Trinajstić information content (AvgIpc) is 2.96. The molecular weight excluding hydrogens is 278 g/mol. The highest BCUT2D eigenvalue weighted by molar-refractivity contribution is 7.91. The molecule has 19 heavy (non-hydrogen) atoms. The first-order valence-corrected chi connectivity index (χ1v) is 9.75. The van der Waals surface area contributed by atoms with Crippen LogP contribution in [-0.4, -0.2) is 32.5 Å². The van der Waals surface area contributed by atoms with Gasteiger partial charge in [-0.1, -0.05) is 13.0 Å². The monoisotopic (exact) mass is 301 g/mol. The zero-order chi connectivity index (χ0) is 13.7. The van der Waals surface area contributed by atoms with Gasteiger partial charge in [0, 0.05) is 10.9 Å². The van der Waals surface area contributed by atoms with E-state index in [0.29, 0.717) is 23.5 Å². The predicted octanol–water partition coefficient (Wildman–Crippen LogP) is 2.48. The van der Waals surface area contributed by atoms with Crippen molar-refractivity contribution in [3.8, 4) is 0 Å². The van der Waals surface area contributed by atoms with Gasteiger partial charge in [0.2, 0.25) is 0 Å². The molecule has 1 fully saturated rings. The summed E-state index contributed by atoms with van der Waals surface area (Å²) in [5.41, 5.74) is 0. The van der Waals surface area contributed by atoms with Crippen LogP contribution < -0.4 is 5.32 Å². The second kappa shape index (κ2) is 6.86. The lowest BCUT2D eigenvalue weighted by atomic mass is 9.97. The fourth-order valence-corrected chi connectivity index (χ4v) is 5.39. The molecule has 1 aromatic rings. The van der Waals surface area contributed by atoms with Gasteiger partial charge in [-0.2, -0.15) is 0 Å². The van der Waals surface area contributed by atoms with Gasteiger partial charge in [0.05, 0.1) is 11.5 Å². The van der Waals surface area contributed by atoms with E-state index in [1.54, 1.807) is 11.3 Å². The summed E-state index contributed by atoms with van der Waals surface area (Å²) in [6.45, 7) is 3.17. The van der Waals surface area contributed by atoms with Gasteiger partial charge in [0.25, 0.3) is 0 Å². The number of thiophene rings is 1. The second-order valence-electron chi connectivity index (χ2n) is 5.44. The zero-order valence-electron chi connectivity index (χ0n) is 11.5. The number of nitrogens with one attached hydrogen (secondary N) is 1. The highest BCUT2D eigenvalue weighted by atomic mass is 32.2. The topological polar surface area (TPSA) is 46.2 Å². The Labute approximate surface area is 120 Å². The minimum atomic E-state index is -2.75. The summed E-state index contributed by atoms with van der Waals surface area (Å²) in [7, 11) is -2.75. The van der Waals surface area contributed by atoms with E-state index in [2.05, 4.69) is 29.8 Å². The summed E-state index contributed by atoms with van der Waals surface area (Å²) in [4.78, 5) is 1.38. The van der Waals surface area contributed by atoms with Crippen molar-refractivity contribution in [2.24, 2.45) is 5.92 Å². The van der Waals surface area contributed by atoms with Gasteiger partial charge in [-0.3, -0.25) is 0 Å². The number of sulfone groups is 1. The zero-order valence-corrected chi connectivity index (χ0v) is 13.1. The molecule has 0 bridgehead atoms. The normalized spacial score (nSPS) is 23.5. The summed E-state index contributed by atoms with van der Waals surface area (Å²) in [6, 6.07) is 4.66. The van der Waals surface area contributed by atoms with Gasteiger partial charge in [0.1, 0.15) is 0 Å². The van der Waals surface area contributed by atoms with Crippen LogP contribution in [0.2, 0.25) is 0 Å². The Morgan fingerprint density at radius 2 is 2.37 bits per heavy atom. The van der Waals surface area contributed by atoms with Gasteiger partial charge < -0.3 is 5.32 Å². The molecule has 1 aromatic heterocycles. The maximum atomic E-state index is 11.5. The maximum absolute atomic E-state index is 11.5. The molecule has 0 aliphatic carbocycles. The summed E-state index contributed by atoms with van der Waals surface area (Å²) < 4.78 is 23.1. The molecule has 1 aliphatic heterocycles. The molecule has 1 aliphatic rings. The van der Waals surface area contributed by atoms with Crippen molar-refractivity contribution in [2.75, 3.05) is 18.1 Å². The van der Waals surface area contributed by atoms with Crippen LogP contribution in [0.15, 0.2) is 17.5 Å². The molecule has 0 saturated carbocycles. The van der Waals surface area contributed by atoms with Crippen LogP contribution in [0.5, 0.6) is 0 Å². The number of hydrogen-bond acceptors (Lipinski definition) is 4. The number of rotatable bonds is 7. The van der Waals surface area contributed by atoms with Crippen molar-refractivity contribution in [1.82, 2.24) is 5.32 Å². The third-order valence-corrected chi connectivity index (χ3v) is 6.39. The highest BCUT2D eigenvalue weighted by Gasteiger charge is 2.29. The molecule has 0 spiro atoms. The van der Waals surface area contributed by atoms with Crippen LogP contribution in [0.3, 0.4) is 0 Å². The fourth-order valence-electron chi connectivity index (χ4n) is 2.72. The smallest absolute Gasteiger partial charge is 0.150 e. The molecule has 1 N–H and O–H groups in total. The summed E-state index contributed by atoms with van der Waals surface area (Å²) in [5, 5.41) is 5.68. The van der Waals surface area contributed by atoms with Gasteiger partial charge in [-0.25, -0.2) is 8.42 Å². The minimum absolute atomic E-state index is 0.347. The van der Waals surface area contributed by atoms with Gasteiger partial charge in [-0.15, -0.1) is 11.3 Å². The molecule has 3 nitrogen and oxygen atoms in total. The SMILES string of the molecule is CCCNC(Cc1cccs1)CC1CCS(=O)(=O)C1. The summed E-state index contributed by atoms with van der Waals surface area (Å²) in [5.74, 6) is 1.12. The standard InChI is InChI=1S/C14H23NO2S2/c1-2-6-15-13(10-14-4-3-7-18-14)9-12-5-8-19(16,17)11-12/h3-4,7,12-13,15H,2,5-6,8-11H2,1H3. The molecule has 0 aromatic carbocycles. The summed E-state index contributed by atoms with van der Waals surface area (Å²) >= 11 is 1.78. The molecule has 0 amide bonds. The first kappa shape index (κ1) is 15.0. The quantitative estimate of drug-likeness (QED) is 0.841. The first-order chi connectivity index (χ1) is 9.09. The third-order valence-electron chi connectivity index (χ3n) is 3.66. The van der Waals surface area contributed by atoms with E-state index in [1.165, 1.54) is 4.88 Å². The van der Waals surface area contributed by atoms with Crippen molar-refractivity contribution in [3.63, 3.8) is 0 Å². The Morgan fingerprint density at radius 3 is 2.95 bits per heavy atom.